The van der Waals surface area contributed by atoms with Gasteiger partial charge < -0.3 is 10.1 Å². The van der Waals surface area contributed by atoms with Crippen LogP contribution in [0.25, 0.3) is 0 Å². The molecule has 1 fully saturated rings. The van der Waals surface area contributed by atoms with E-state index in [-0.39, 0.29) is 18.1 Å². The number of amides is 1. The molecule has 0 aromatic carbocycles. The highest BCUT2D eigenvalue weighted by molar-refractivity contribution is 7.90. The highest BCUT2D eigenvalue weighted by atomic mass is 32.2. The van der Waals surface area contributed by atoms with Crippen molar-refractivity contribution in [3.8, 4) is 0 Å². The van der Waals surface area contributed by atoms with Crippen LogP contribution in [0.3, 0.4) is 0 Å². The van der Waals surface area contributed by atoms with Crippen LogP contribution in [0.2, 0.25) is 0 Å². The van der Waals surface area contributed by atoms with Crippen LogP contribution >= 0.6 is 0 Å². The molecule has 1 N–H and O–H groups in total. The van der Waals surface area contributed by atoms with Crippen molar-refractivity contribution >= 4 is 15.7 Å². The summed E-state index contributed by atoms with van der Waals surface area (Å²) < 4.78 is 27.0. The fourth-order valence-electron chi connectivity index (χ4n) is 1.76. The smallest absolute Gasteiger partial charge is 0.220 e. The first-order chi connectivity index (χ1) is 8.47. The van der Waals surface area contributed by atoms with Gasteiger partial charge in [0, 0.05) is 38.9 Å². The first-order valence-corrected chi connectivity index (χ1v) is 8.28. The Morgan fingerprint density at radius 1 is 1.33 bits per heavy atom. The van der Waals surface area contributed by atoms with Gasteiger partial charge in [-0.1, -0.05) is 0 Å². The largest absolute Gasteiger partial charge is 0.379 e. The lowest BCUT2D eigenvalue weighted by atomic mass is 10.3. The first kappa shape index (κ1) is 15.4. The zero-order valence-corrected chi connectivity index (χ0v) is 11.7. The summed E-state index contributed by atoms with van der Waals surface area (Å²) in [5, 5.41) is 2.80. The van der Waals surface area contributed by atoms with Crippen molar-refractivity contribution in [1.29, 1.82) is 0 Å². The Hall–Kier alpha value is -0.660. The van der Waals surface area contributed by atoms with E-state index in [9.17, 15) is 13.2 Å². The molecule has 0 unspecified atom stereocenters. The van der Waals surface area contributed by atoms with Gasteiger partial charge >= 0.3 is 0 Å². The monoisotopic (exact) mass is 278 g/mol. The summed E-state index contributed by atoms with van der Waals surface area (Å²) in [4.78, 5) is 13.7. The van der Waals surface area contributed by atoms with E-state index >= 15 is 0 Å². The van der Waals surface area contributed by atoms with E-state index in [1.54, 1.807) is 0 Å². The molecule has 0 radical (unpaired) electrons. The molecular weight excluding hydrogens is 256 g/mol. The van der Waals surface area contributed by atoms with Gasteiger partial charge in [0.1, 0.15) is 9.84 Å². The van der Waals surface area contributed by atoms with Crippen LogP contribution in [-0.2, 0) is 19.4 Å². The van der Waals surface area contributed by atoms with Crippen LogP contribution in [-0.4, -0.2) is 70.6 Å². The molecule has 0 bridgehead atoms. The fourth-order valence-corrected chi connectivity index (χ4v) is 2.43. The molecular formula is C11H22N2O4S. The summed E-state index contributed by atoms with van der Waals surface area (Å²) in [6.07, 6.45) is 1.85. The van der Waals surface area contributed by atoms with Gasteiger partial charge in [-0.15, -0.1) is 0 Å². The number of sulfone groups is 1. The van der Waals surface area contributed by atoms with E-state index in [2.05, 4.69) is 10.2 Å². The Kier molecular flexibility index (Phi) is 6.59. The maximum atomic E-state index is 11.4. The number of ether oxygens (including phenoxy) is 1. The Labute approximate surface area is 109 Å². The molecule has 0 spiro atoms. The van der Waals surface area contributed by atoms with Crippen molar-refractivity contribution < 1.29 is 17.9 Å². The molecule has 0 aromatic heterocycles. The minimum absolute atomic E-state index is 0.0733. The Balaban J connectivity index is 2.02. The average molecular weight is 278 g/mol. The quantitative estimate of drug-likeness (QED) is 0.664. The van der Waals surface area contributed by atoms with Gasteiger partial charge in [0.25, 0.3) is 0 Å². The number of nitrogens with zero attached hydrogens (tertiary/aromatic N) is 1. The molecule has 1 aliphatic rings. The van der Waals surface area contributed by atoms with Gasteiger partial charge in [0.05, 0.1) is 19.0 Å². The van der Waals surface area contributed by atoms with E-state index in [0.717, 1.165) is 32.8 Å². The number of rotatable bonds is 7. The standard InChI is InChI=1S/C11H22N2O4S/c1-18(15,16)10-2-3-11(14)12-4-5-13-6-8-17-9-7-13/h2-10H2,1H3,(H,12,14). The van der Waals surface area contributed by atoms with Gasteiger partial charge in [0.15, 0.2) is 0 Å². The van der Waals surface area contributed by atoms with Gasteiger partial charge in [-0.25, -0.2) is 8.42 Å². The van der Waals surface area contributed by atoms with Crippen LogP contribution in [0.1, 0.15) is 12.8 Å². The Morgan fingerprint density at radius 3 is 2.61 bits per heavy atom. The second-order valence-corrected chi connectivity index (χ2v) is 6.80. The van der Waals surface area contributed by atoms with Crippen LogP contribution in [0.5, 0.6) is 0 Å². The summed E-state index contributed by atoms with van der Waals surface area (Å²) in [5.74, 6) is -0.00364. The van der Waals surface area contributed by atoms with Crippen LogP contribution in [0.4, 0.5) is 0 Å². The zero-order valence-electron chi connectivity index (χ0n) is 10.9. The molecule has 0 saturated carbocycles. The van der Waals surface area contributed by atoms with E-state index in [1.165, 1.54) is 6.26 Å². The van der Waals surface area contributed by atoms with Crippen molar-refractivity contribution in [2.24, 2.45) is 0 Å². The molecule has 1 heterocycles. The second-order valence-electron chi connectivity index (χ2n) is 4.54. The number of hydrogen-bond acceptors (Lipinski definition) is 5. The third kappa shape index (κ3) is 7.62. The Morgan fingerprint density at radius 2 is 2.00 bits per heavy atom. The number of nitrogens with one attached hydrogen (secondary N) is 1. The van der Waals surface area contributed by atoms with Crippen molar-refractivity contribution in [3.05, 3.63) is 0 Å². The minimum Gasteiger partial charge on any atom is -0.379 e. The summed E-state index contributed by atoms with van der Waals surface area (Å²) in [6.45, 7) is 4.75. The van der Waals surface area contributed by atoms with Crippen molar-refractivity contribution in [2.45, 2.75) is 12.8 Å². The van der Waals surface area contributed by atoms with Crippen molar-refractivity contribution in [2.75, 3.05) is 51.4 Å². The van der Waals surface area contributed by atoms with Gasteiger partial charge in [-0.05, 0) is 6.42 Å². The van der Waals surface area contributed by atoms with Crippen LogP contribution in [0, 0.1) is 0 Å². The topological polar surface area (TPSA) is 75.7 Å². The lowest BCUT2D eigenvalue weighted by Gasteiger charge is -2.26. The molecule has 7 heteroatoms. The maximum absolute atomic E-state index is 11.4. The molecule has 1 amide bonds. The molecule has 0 aliphatic carbocycles. The molecule has 1 aliphatic heterocycles. The molecule has 106 valence electrons. The molecule has 0 atom stereocenters. The van der Waals surface area contributed by atoms with Gasteiger partial charge in [0.2, 0.25) is 5.91 Å². The summed E-state index contributed by atoms with van der Waals surface area (Å²) in [6, 6.07) is 0. The van der Waals surface area contributed by atoms with E-state index in [1.807, 2.05) is 0 Å². The van der Waals surface area contributed by atoms with Gasteiger partial charge in [-0.3, -0.25) is 9.69 Å². The first-order valence-electron chi connectivity index (χ1n) is 6.22. The highest BCUT2D eigenvalue weighted by Gasteiger charge is 2.10. The predicted octanol–water partition coefficient (Wildman–Crippen LogP) is -0.740. The lowest BCUT2D eigenvalue weighted by molar-refractivity contribution is -0.121. The summed E-state index contributed by atoms with van der Waals surface area (Å²) in [7, 11) is -2.96. The predicted molar refractivity (Wildman–Crippen MR) is 69.2 cm³/mol. The third-order valence-corrected chi connectivity index (χ3v) is 3.80. The number of carbonyl (C=O) groups is 1. The van der Waals surface area contributed by atoms with Crippen molar-refractivity contribution in [1.82, 2.24) is 10.2 Å². The normalized spacial score (nSPS) is 17.6. The SMILES string of the molecule is CS(=O)(=O)CCCC(=O)NCCN1CCOCC1. The molecule has 0 aromatic rings. The van der Waals surface area contributed by atoms with Gasteiger partial charge in [-0.2, -0.15) is 0 Å². The maximum Gasteiger partial charge on any atom is 0.220 e. The number of carbonyl (C=O) groups excluding carboxylic acids is 1. The van der Waals surface area contributed by atoms with E-state index in [4.69, 9.17) is 4.74 Å². The van der Waals surface area contributed by atoms with E-state index < -0.39 is 9.84 Å². The summed E-state index contributed by atoms with van der Waals surface area (Å²) >= 11 is 0. The fraction of sp³-hybridized carbons (Fsp3) is 0.909. The second kappa shape index (κ2) is 7.70. The lowest BCUT2D eigenvalue weighted by Crippen LogP contribution is -2.41. The minimum atomic E-state index is -2.96. The number of morpholine rings is 1. The van der Waals surface area contributed by atoms with Crippen LogP contribution < -0.4 is 5.32 Å². The Bertz CT molecular complexity index is 350. The highest BCUT2D eigenvalue weighted by Crippen LogP contribution is 1.96. The molecule has 6 nitrogen and oxygen atoms in total. The molecule has 18 heavy (non-hydrogen) atoms. The van der Waals surface area contributed by atoms with E-state index in [0.29, 0.717) is 13.0 Å². The zero-order chi connectivity index (χ0) is 13.4. The van der Waals surface area contributed by atoms with Crippen molar-refractivity contribution in [3.63, 3.8) is 0 Å². The number of hydrogen-bond donors (Lipinski definition) is 1. The van der Waals surface area contributed by atoms with Crippen LogP contribution in [0.15, 0.2) is 0 Å². The average Bonchev–Trinajstić information content (AvgIpc) is 2.28. The summed E-state index contributed by atoms with van der Waals surface area (Å²) in [5.41, 5.74) is 0. The molecule has 1 saturated heterocycles. The third-order valence-electron chi connectivity index (χ3n) is 2.77. The molecule has 1 rings (SSSR count).